The van der Waals surface area contributed by atoms with Crippen LogP contribution in [0.4, 0.5) is 17.5 Å². The SMILES string of the molecule is COc1cccc(-n2cnc(Nc3cc(Cl)nc(N4CCCCC4)c3)n2)c1. The van der Waals surface area contributed by atoms with Crippen molar-refractivity contribution >= 4 is 29.1 Å². The molecular weight excluding hydrogens is 364 g/mol. The van der Waals surface area contributed by atoms with Crippen molar-refractivity contribution in [2.45, 2.75) is 19.3 Å². The lowest BCUT2D eigenvalue weighted by molar-refractivity contribution is 0.414. The number of ether oxygens (including phenoxy) is 1. The number of nitrogens with zero attached hydrogens (tertiary/aromatic N) is 5. The van der Waals surface area contributed by atoms with E-state index in [2.05, 4.69) is 25.3 Å². The topological polar surface area (TPSA) is 68.1 Å². The monoisotopic (exact) mass is 384 g/mol. The van der Waals surface area contributed by atoms with Crippen LogP contribution in [-0.4, -0.2) is 39.9 Å². The number of pyridine rings is 1. The first-order valence-corrected chi connectivity index (χ1v) is 9.35. The molecule has 27 heavy (non-hydrogen) atoms. The van der Waals surface area contributed by atoms with Crippen LogP contribution in [0.1, 0.15) is 19.3 Å². The summed E-state index contributed by atoms with van der Waals surface area (Å²) in [6.45, 7) is 2.02. The number of piperidine rings is 1. The van der Waals surface area contributed by atoms with Gasteiger partial charge in [0, 0.05) is 30.9 Å². The Hall–Kier alpha value is -2.80. The van der Waals surface area contributed by atoms with Crippen LogP contribution >= 0.6 is 11.6 Å². The second kappa shape index (κ2) is 7.84. The van der Waals surface area contributed by atoms with E-state index < -0.39 is 0 Å². The zero-order valence-electron chi connectivity index (χ0n) is 15.1. The molecule has 0 aliphatic carbocycles. The average molecular weight is 385 g/mol. The Morgan fingerprint density at radius 2 is 1.96 bits per heavy atom. The van der Waals surface area contributed by atoms with Gasteiger partial charge in [-0.15, -0.1) is 5.10 Å². The molecule has 0 bridgehead atoms. The largest absolute Gasteiger partial charge is 0.497 e. The van der Waals surface area contributed by atoms with E-state index in [-0.39, 0.29) is 0 Å². The summed E-state index contributed by atoms with van der Waals surface area (Å²) in [6, 6.07) is 11.4. The molecule has 0 spiro atoms. The van der Waals surface area contributed by atoms with E-state index in [1.807, 2.05) is 30.3 Å². The lowest BCUT2D eigenvalue weighted by Gasteiger charge is -2.28. The molecule has 0 saturated carbocycles. The van der Waals surface area contributed by atoms with Crippen molar-refractivity contribution in [3.63, 3.8) is 0 Å². The van der Waals surface area contributed by atoms with Crippen molar-refractivity contribution in [1.82, 2.24) is 19.7 Å². The molecule has 1 fully saturated rings. The zero-order valence-corrected chi connectivity index (χ0v) is 15.9. The number of methoxy groups -OCH3 is 1. The van der Waals surface area contributed by atoms with Crippen molar-refractivity contribution in [3.05, 3.63) is 47.9 Å². The summed E-state index contributed by atoms with van der Waals surface area (Å²) < 4.78 is 6.95. The molecule has 3 heterocycles. The maximum atomic E-state index is 6.23. The average Bonchev–Trinajstić information content (AvgIpc) is 3.17. The van der Waals surface area contributed by atoms with Gasteiger partial charge in [-0.25, -0.2) is 9.67 Å². The van der Waals surface area contributed by atoms with Crippen LogP contribution in [0, 0.1) is 0 Å². The number of hydrogen-bond donors (Lipinski definition) is 1. The minimum atomic E-state index is 0.452. The van der Waals surface area contributed by atoms with Crippen LogP contribution in [0.15, 0.2) is 42.7 Å². The van der Waals surface area contributed by atoms with Crippen molar-refractivity contribution in [1.29, 1.82) is 0 Å². The summed E-state index contributed by atoms with van der Waals surface area (Å²) in [5.41, 5.74) is 1.69. The van der Waals surface area contributed by atoms with Gasteiger partial charge in [0.25, 0.3) is 0 Å². The van der Waals surface area contributed by atoms with Gasteiger partial charge in [-0.3, -0.25) is 0 Å². The highest BCUT2D eigenvalue weighted by Crippen LogP contribution is 2.26. The van der Waals surface area contributed by atoms with E-state index >= 15 is 0 Å². The maximum Gasteiger partial charge on any atom is 0.246 e. The molecule has 1 aliphatic rings. The van der Waals surface area contributed by atoms with Crippen molar-refractivity contribution in [2.24, 2.45) is 0 Å². The molecule has 4 rings (SSSR count). The second-order valence-electron chi connectivity index (χ2n) is 6.42. The number of aromatic nitrogens is 4. The summed E-state index contributed by atoms with van der Waals surface area (Å²) in [6.07, 6.45) is 5.30. The first kappa shape index (κ1) is 17.6. The van der Waals surface area contributed by atoms with E-state index in [4.69, 9.17) is 16.3 Å². The van der Waals surface area contributed by atoms with E-state index in [1.54, 1.807) is 24.2 Å². The summed E-state index contributed by atoms with van der Waals surface area (Å²) in [5, 5.41) is 8.15. The van der Waals surface area contributed by atoms with Gasteiger partial charge in [-0.2, -0.15) is 4.98 Å². The van der Waals surface area contributed by atoms with E-state index in [0.717, 1.165) is 36.0 Å². The third-order valence-electron chi connectivity index (χ3n) is 4.53. The predicted octanol–water partition coefficient (Wildman–Crippen LogP) is 4.06. The maximum absolute atomic E-state index is 6.23. The fourth-order valence-corrected chi connectivity index (χ4v) is 3.37. The van der Waals surface area contributed by atoms with E-state index in [9.17, 15) is 0 Å². The Labute approximate surface area is 163 Å². The Morgan fingerprint density at radius 1 is 1.11 bits per heavy atom. The molecule has 140 valence electrons. The fourth-order valence-electron chi connectivity index (χ4n) is 3.17. The highest BCUT2D eigenvalue weighted by molar-refractivity contribution is 6.29. The van der Waals surface area contributed by atoms with Gasteiger partial charge in [0.2, 0.25) is 5.95 Å². The molecule has 7 nitrogen and oxygen atoms in total. The molecule has 3 aromatic rings. The smallest absolute Gasteiger partial charge is 0.246 e. The van der Waals surface area contributed by atoms with Gasteiger partial charge in [0.05, 0.1) is 12.8 Å². The number of rotatable bonds is 5. The lowest BCUT2D eigenvalue weighted by atomic mass is 10.1. The molecule has 0 unspecified atom stereocenters. The molecule has 1 aromatic carbocycles. The molecule has 0 atom stereocenters. The quantitative estimate of drug-likeness (QED) is 0.669. The molecule has 0 radical (unpaired) electrons. The number of anilines is 3. The van der Waals surface area contributed by atoms with Crippen LogP contribution in [-0.2, 0) is 0 Å². The number of hydrogen-bond acceptors (Lipinski definition) is 6. The van der Waals surface area contributed by atoms with E-state index in [1.165, 1.54) is 19.3 Å². The first-order chi connectivity index (χ1) is 13.2. The molecule has 1 saturated heterocycles. The van der Waals surface area contributed by atoms with Crippen molar-refractivity contribution in [2.75, 3.05) is 30.4 Å². The number of nitrogens with one attached hydrogen (secondary N) is 1. The van der Waals surface area contributed by atoms with Gasteiger partial charge in [0.1, 0.15) is 23.0 Å². The first-order valence-electron chi connectivity index (χ1n) is 8.97. The van der Waals surface area contributed by atoms with Gasteiger partial charge in [-0.05, 0) is 37.5 Å². The predicted molar refractivity (Wildman–Crippen MR) is 107 cm³/mol. The number of benzene rings is 1. The minimum Gasteiger partial charge on any atom is -0.497 e. The molecule has 1 N–H and O–H groups in total. The third kappa shape index (κ3) is 4.14. The van der Waals surface area contributed by atoms with Crippen LogP contribution in [0.5, 0.6) is 5.75 Å². The Morgan fingerprint density at radius 3 is 2.78 bits per heavy atom. The zero-order chi connectivity index (χ0) is 18.6. The van der Waals surface area contributed by atoms with Crippen molar-refractivity contribution < 1.29 is 4.74 Å². The molecule has 8 heteroatoms. The second-order valence-corrected chi connectivity index (χ2v) is 6.81. The van der Waals surface area contributed by atoms with Gasteiger partial charge in [-0.1, -0.05) is 17.7 Å². The Balaban J connectivity index is 1.54. The minimum absolute atomic E-state index is 0.452. The Bertz CT molecular complexity index is 922. The molecular formula is C19H21ClN6O. The third-order valence-corrected chi connectivity index (χ3v) is 4.72. The molecule has 1 aliphatic heterocycles. The Kier molecular flexibility index (Phi) is 5.11. The van der Waals surface area contributed by atoms with Crippen LogP contribution in [0.2, 0.25) is 5.15 Å². The van der Waals surface area contributed by atoms with Crippen LogP contribution < -0.4 is 15.0 Å². The van der Waals surface area contributed by atoms with Gasteiger partial charge >= 0.3 is 0 Å². The summed E-state index contributed by atoms with van der Waals surface area (Å²) in [4.78, 5) is 11.1. The van der Waals surface area contributed by atoms with Gasteiger partial charge < -0.3 is 15.0 Å². The fraction of sp³-hybridized carbons (Fsp3) is 0.316. The number of halogens is 1. The highest BCUT2D eigenvalue weighted by atomic mass is 35.5. The van der Waals surface area contributed by atoms with E-state index in [0.29, 0.717) is 11.1 Å². The highest BCUT2D eigenvalue weighted by Gasteiger charge is 2.14. The molecule has 2 aromatic heterocycles. The van der Waals surface area contributed by atoms with Crippen LogP contribution in [0.3, 0.4) is 0 Å². The summed E-state index contributed by atoms with van der Waals surface area (Å²) in [5.74, 6) is 2.14. The van der Waals surface area contributed by atoms with Crippen molar-refractivity contribution in [3.8, 4) is 11.4 Å². The van der Waals surface area contributed by atoms with Crippen LogP contribution in [0.25, 0.3) is 5.69 Å². The lowest BCUT2D eigenvalue weighted by Crippen LogP contribution is -2.30. The summed E-state index contributed by atoms with van der Waals surface area (Å²) in [7, 11) is 1.64. The van der Waals surface area contributed by atoms with Gasteiger partial charge in [0.15, 0.2) is 0 Å². The summed E-state index contributed by atoms with van der Waals surface area (Å²) >= 11 is 6.23. The standard InChI is InChI=1S/C19H21ClN6O/c1-27-16-7-5-6-15(12-16)26-13-21-19(24-26)22-14-10-17(20)23-18(11-14)25-8-3-2-4-9-25/h5-7,10-13H,2-4,8-9H2,1H3,(H,22,23,24). The normalized spacial score (nSPS) is 14.2. The molecule has 0 amide bonds.